The molecular formula is C32H55BrClN8Zn-. The van der Waals surface area contributed by atoms with Crippen molar-refractivity contribution in [1.82, 2.24) is 42.5 Å². The summed E-state index contributed by atoms with van der Waals surface area (Å²) < 4.78 is 0. The number of nitrogens with one attached hydrogen (secondary N) is 8. The monoisotopic (exact) mass is 729 g/mol. The first kappa shape index (κ1) is 31.3. The molecule has 8 nitrogen and oxygen atoms in total. The van der Waals surface area contributed by atoms with Crippen LogP contribution >= 0.6 is 23.3 Å². The van der Waals surface area contributed by atoms with Gasteiger partial charge in [0.05, 0.1) is 43.2 Å². The maximum atomic E-state index is 5.10. The van der Waals surface area contributed by atoms with Crippen molar-refractivity contribution >= 4 is 23.3 Å². The van der Waals surface area contributed by atoms with Crippen molar-refractivity contribution in [2.75, 3.05) is 0 Å². The molecule has 8 bridgehead atoms. The first-order chi connectivity index (χ1) is 21.2. The third-order valence-corrected chi connectivity index (χ3v) is 13.6. The van der Waals surface area contributed by atoms with Gasteiger partial charge in [0.1, 0.15) is 0 Å². The van der Waals surface area contributed by atoms with Crippen molar-refractivity contribution in [2.45, 2.75) is 146 Å². The predicted molar refractivity (Wildman–Crippen MR) is 172 cm³/mol. The molecule has 0 aromatic rings. The SMILES string of the molecule is [CH-]1CCCC2C3NC(NC4NC(NC5NC(NC6NC(N3)C3CCCCC63)C3CCCCC53)C3CCCCC43)C12.[Cl][Zn][Br]. The standard InChI is InChI=1S/C32H55N8.BrH.ClH.Zn/c1-2-10-18-17(9-1)25-33-26(18)38-28-21-13-5-6-14-22(21)30(35-28)40-32-24-16-8-7-15-23(24)31(36-32)39-29-20-12-4-3-11-19(20)27(34-29)37-25;;;/h9,17-40H,1-8,10-16H2;2*1H;/q-1;;;+2/p-2. The van der Waals surface area contributed by atoms with E-state index < -0.39 is 14.2 Å². The summed E-state index contributed by atoms with van der Waals surface area (Å²) in [7, 11) is 5.10. The van der Waals surface area contributed by atoms with Gasteiger partial charge in [-0.25, -0.2) is 0 Å². The van der Waals surface area contributed by atoms with Crippen LogP contribution < -0.4 is 42.5 Å². The fraction of sp³-hybridized carbons (Fsp3) is 0.969. The molecule has 5 heterocycles. The summed E-state index contributed by atoms with van der Waals surface area (Å²) in [4.78, 5) is 0. The van der Waals surface area contributed by atoms with Gasteiger partial charge in [-0.05, 0) is 80.0 Å². The van der Waals surface area contributed by atoms with Crippen LogP contribution in [0.5, 0.6) is 0 Å². The minimum absolute atomic E-state index is 0.365. The molecule has 5 saturated heterocycles. The van der Waals surface area contributed by atoms with Crippen LogP contribution in [-0.2, 0) is 14.2 Å². The fourth-order valence-corrected chi connectivity index (χ4v) is 11.7. The van der Waals surface area contributed by atoms with E-state index in [1.54, 1.807) is 0 Å². The second-order valence-corrected chi connectivity index (χ2v) is 23.6. The molecule has 8 N–H and O–H groups in total. The van der Waals surface area contributed by atoms with E-state index in [0.29, 0.717) is 61.2 Å². The average molecular weight is 733 g/mol. The molecule has 0 aromatic heterocycles. The Labute approximate surface area is 278 Å². The minimum atomic E-state index is -0.590. The van der Waals surface area contributed by atoms with Crippen LogP contribution in [0.2, 0.25) is 0 Å². The van der Waals surface area contributed by atoms with Crippen molar-refractivity contribution < 1.29 is 14.2 Å². The van der Waals surface area contributed by atoms with Gasteiger partial charge >= 0.3 is 37.5 Å². The predicted octanol–water partition coefficient (Wildman–Crippen LogP) is 3.95. The van der Waals surface area contributed by atoms with Gasteiger partial charge in [-0.3, -0.25) is 42.5 Å². The van der Waals surface area contributed by atoms with Crippen LogP contribution in [0.3, 0.4) is 0 Å². The summed E-state index contributed by atoms with van der Waals surface area (Å²) in [5, 5.41) is 33.7. The molecule has 9 aliphatic rings. The molecule has 4 aliphatic carbocycles. The Balaban J connectivity index is 0.000000892. The zero-order valence-electron chi connectivity index (χ0n) is 25.9. The third kappa shape index (κ3) is 6.11. The first-order valence-electron chi connectivity index (χ1n) is 18.3. The molecule has 4 saturated carbocycles. The molecule has 9 fully saturated rings. The van der Waals surface area contributed by atoms with Gasteiger partial charge < -0.3 is 6.42 Å². The molecule has 0 aromatic carbocycles. The molecule has 0 amide bonds. The van der Waals surface area contributed by atoms with E-state index in [4.69, 9.17) is 9.69 Å². The summed E-state index contributed by atoms with van der Waals surface area (Å²) in [6.45, 7) is 0. The maximum absolute atomic E-state index is 5.10. The Morgan fingerprint density at radius 3 is 1.00 bits per heavy atom. The molecular weight excluding hydrogens is 677 g/mol. The molecule has 5 aliphatic heterocycles. The van der Waals surface area contributed by atoms with E-state index in [9.17, 15) is 0 Å². The van der Waals surface area contributed by atoms with Crippen LogP contribution in [0.4, 0.5) is 0 Å². The molecule has 0 spiro atoms. The molecule has 16 atom stereocenters. The van der Waals surface area contributed by atoms with Crippen LogP contribution in [0.15, 0.2) is 0 Å². The van der Waals surface area contributed by atoms with Crippen molar-refractivity contribution in [3.8, 4) is 0 Å². The Morgan fingerprint density at radius 2 is 0.674 bits per heavy atom. The van der Waals surface area contributed by atoms with Gasteiger partial charge in [0, 0.05) is 6.17 Å². The summed E-state index contributed by atoms with van der Waals surface area (Å²) in [6.07, 6.45) is 26.4. The van der Waals surface area contributed by atoms with Gasteiger partial charge in [-0.15, -0.1) is 5.92 Å². The van der Waals surface area contributed by atoms with E-state index in [2.05, 4.69) is 62.6 Å². The summed E-state index contributed by atoms with van der Waals surface area (Å²) >= 11 is 2.51. The van der Waals surface area contributed by atoms with E-state index in [-0.39, 0.29) is 0 Å². The van der Waals surface area contributed by atoms with Gasteiger partial charge in [-0.2, -0.15) is 6.42 Å². The molecule has 240 valence electrons. The topological polar surface area (TPSA) is 96.2 Å². The molecule has 43 heavy (non-hydrogen) atoms. The van der Waals surface area contributed by atoms with E-state index >= 15 is 0 Å². The second-order valence-electron chi connectivity index (χ2n) is 15.5. The van der Waals surface area contributed by atoms with Gasteiger partial charge in [0.15, 0.2) is 0 Å². The Bertz CT molecular complexity index is 745. The second kappa shape index (κ2) is 13.9. The molecule has 11 heteroatoms. The number of hydrogen-bond donors (Lipinski definition) is 8. The fourth-order valence-electron chi connectivity index (χ4n) is 11.7. The normalized spacial score (nSPS) is 53.8. The zero-order chi connectivity index (χ0) is 28.9. The number of halogens is 2. The van der Waals surface area contributed by atoms with Gasteiger partial charge in [0.25, 0.3) is 0 Å². The first-order valence-corrected chi connectivity index (χ1v) is 29.1. The molecule has 0 radical (unpaired) electrons. The number of hydrogen-bond acceptors (Lipinski definition) is 8. The van der Waals surface area contributed by atoms with Crippen LogP contribution in [0.1, 0.15) is 96.3 Å². The van der Waals surface area contributed by atoms with Crippen LogP contribution in [-0.4, -0.2) is 49.3 Å². The number of rotatable bonds is 0. The van der Waals surface area contributed by atoms with Gasteiger partial charge in [0.2, 0.25) is 0 Å². The van der Waals surface area contributed by atoms with Gasteiger partial charge in [-0.1, -0.05) is 51.4 Å². The number of fused-ring (bicyclic) bond motifs is 20. The molecule has 16 unspecified atom stereocenters. The van der Waals surface area contributed by atoms with Crippen LogP contribution in [0.25, 0.3) is 0 Å². The van der Waals surface area contributed by atoms with Crippen molar-refractivity contribution in [2.24, 2.45) is 47.3 Å². The summed E-state index contributed by atoms with van der Waals surface area (Å²) in [6, 6.07) is 0. The van der Waals surface area contributed by atoms with E-state index in [1.165, 1.54) is 96.3 Å². The Hall–Kier alpha value is 1.07. The quantitative estimate of drug-likeness (QED) is 0.140. The Morgan fingerprint density at radius 1 is 0.419 bits per heavy atom. The average Bonchev–Trinajstić information content (AvgIpc) is 3.77. The third-order valence-electron chi connectivity index (χ3n) is 13.6. The van der Waals surface area contributed by atoms with Crippen molar-refractivity contribution in [3.05, 3.63) is 6.42 Å². The molecule has 9 rings (SSSR count). The summed E-state index contributed by atoms with van der Waals surface area (Å²) in [5.74, 6) is 5.74. The summed E-state index contributed by atoms with van der Waals surface area (Å²) in [5.41, 5.74) is 0. The Kier molecular flexibility index (Phi) is 10.1. The zero-order valence-corrected chi connectivity index (χ0v) is 31.2. The van der Waals surface area contributed by atoms with E-state index in [0.717, 1.165) is 35.5 Å². The van der Waals surface area contributed by atoms with Crippen molar-refractivity contribution in [1.29, 1.82) is 0 Å². The van der Waals surface area contributed by atoms with E-state index in [1.807, 2.05) is 0 Å². The van der Waals surface area contributed by atoms with Crippen molar-refractivity contribution in [3.63, 3.8) is 0 Å². The van der Waals surface area contributed by atoms with Crippen LogP contribution in [0, 0.1) is 53.8 Å².